The number of allylic oxidation sites excluding steroid dienone is 3. The van der Waals surface area contributed by atoms with Crippen molar-refractivity contribution in [2.24, 2.45) is 4.99 Å². The molecular weight excluding hydrogens is 198 g/mol. The first-order valence-corrected chi connectivity index (χ1v) is 5.29. The quantitative estimate of drug-likeness (QED) is 0.706. The van der Waals surface area contributed by atoms with E-state index in [1.54, 1.807) is 6.21 Å². The van der Waals surface area contributed by atoms with Crippen molar-refractivity contribution in [1.29, 1.82) is 0 Å². The van der Waals surface area contributed by atoms with Crippen LogP contribution in [0.1, 0.15) is 5.56 Å². The summed E-state index contributed by atoms with van der Waals surface area (Å²) in [6.07, 6.45) is 7.23. The van der Waals surface area contributed by atoms with Gasteiger partial charge in [-0.25, -0.2) is 0 Å². The molecular formula is C14H13NO. The molecule has 0 spiro atoms. The van der Waals surface area contributed by atoms with Crippen molar-refractivity contribution in [2.45, 2.75) is 6.42 Å². The zero-order chi connectivity index (χ0) is 11.2. The van der Waals surface area contributed by atoms with Crippen LogP contribution in [0, 0.1) is 0 Å². The predicted octanol–water partition coefficient (Wildman–Crippen LogP) is 2.37. The molecule has 2 nitrogen and oxygen atoms in total. The summed E-state index contributed by atoms with van der Waals surface area (Å²) in [5, 5.41) is 0. The van der Waals surface area contributed by atoms with E-state index in [4.69, 9.17) is 0 Å². The Morgan fingerprint density at radius 1 is 1.25 bits per heavy atom. The molecule has 1 aromatic carbocycles. The third kappa shape index (κ3) is 2.54. The van der Waals surface area contributed by atoms with Gasteiger partial charge >= 0.3 is 0 Å². The number of hydrogen-bond donors (Lipinski definition) is 0. The van der Waals surface area contributed by atoms with Gasteiger partial charge in [-0.3, -0.25) is 9.79 Å². The van der Waals surface area contributed by atoms with Crippen molar-refractivity contribution in [1.82, 2.24) is 0 Å². The Labute approximate surface area is 95.0 Å². The molecule has 0 aromatic heterocycles. The normalized spacial score (nSPS) is 15.0. The highest BCUT2D eigenvalue weighted by molar-refractivity contribution is 5.86. The predicted molar refractivity (Wildman–Crippen MR) is 65.7 cm³/mol. The minimum atomic E-state index is 0.586. The van der Waals surface area contributed by atoms with Crippen LogP contribution in [0.5, 0.6) is 0 Å². The minimum Gasteiger partial charge on any atom is -0.298 e. The molecule has 0 saturated heterocycles. The van der Waals surface area contributed by atoms with Crippen LogP contribution in [0.2, 0.25) is 0 Å². The second-order valence-corrected chi connectivity index (χ2v) is 3.65. The van der Waals surface area contributed by atoms with E-state index in [9.17, 15) is 4.79 Å². The van der Waals surface area contributed by atoms with E-state index >= 15 is 0 Å². The second-order valence-electron chi connectivity index (χ2n) is 3.65. The maximum Gasteiger partial charge on any atom is 0.150 e. The lowest BCUT2D eigenvalue weighted by Crippen LogP contribution is -1.96. The zero-order valence-corrected chi connectivity index (χ0v) is 8.97. The molecule has 0 bridgehead atoms. The monoisotopic (exact) mass is 211 g/mol. The molecule has 1 aromatic rings. The summed E-state index contributed by atoms with van der Waals surface area (Å²) in [6, 6.07) is 10.1. The van der Waals surface area contributed by atoms with Gasteiger partial charge in [-0.2, -0.15) is 0 Å². The number of carbonyl (C=O) groups excluding carboxylic acids is 1. The summed E-state index contributed by atoms with van der Waals surface area (Å²) < 4.78 is 0. The Bertz CT molecular complexity index is 455. The van der Waals surface area contributed by atoms with Crippen molar-refractivity contribution in [3.63, 3.8) is 0 Å². The van der Waals surface area contributed by atoms with Gasteiger partial charge in [-0.15, -0.1) is 0 Å². The fraction of sp³-hybridized carbons (Fsp3) is 0.143. The number of nitrogens with zero attached hydrogens (tertiary/aromatic N) is 1. The molecule has 80 valence electrons. The van der Waals surface area contributed by atoms with Gasteiger partial charge in [0.1, 0.15) is 6.29 Å². The van der Waals surface area contributed by atoms with E-state index < -0.39 is 0 Å². The van der Waals surface area contributed by atoms with Gasteiger partial charge in [0, 0.05) is 11.8 Å². The minimum absolute atomic E-state index is 0.586. The van der Waals surface area contributed by atoms with Crippen LogP contribution >= 0.6 is 0 Å². The maximum absolute atomic E-state index is 10.9. The van der Waals surface area contributed by atoms with Crippen LogP contribution in [0.15, 0.2) is 58.6 Å². The van der Waals surface area contributed by atoms with Crippen molar-refractivity contribution < 1.29 is 4.79 Å². The first kappa shape index (κ1) is 10.6. The van der Waals surface area contributed by atoms with Crippen LogP contribution in [0.3, 0.4) is 0 Å². The lowest BCUT2D eigenvalue weighted by molar-refractivity contribution is -0.104. The van der Waals surface area contributed by atoms with Gasteiger partial charge in [0.15, 0.2) is 0 Å². The van der Waals surface area contributed by atoms with E-state index in [0.717, 1.165) is 23.9 Å². The van der Waals surface area contributed by atoms with Crippen molar-refractivity contribution >= 4 is 12.5 Å². The highest BCUT2D eigenvalue weighted by atomic mass is 16.1. The lowest BCUT2D eigenvalue weighted by Gasteiger charge is -2.05. The third-order valence-electron chi connectivity index (χ3n) is 2.53. The second kappa shape index (κ2) is 5.21. The molecule has 0 amide bonds. The summed E-state index contributed by atoms with van der Waals surface area (Å²) in [7, 11) is 0. The van der Waals surface area contributed by atoms with E-state index in [1.807, 2.05) is 30.4 Å². The Kier molecular flexibility index (Phi) is 3.44. The molecule has 0 aliphatic carbocycles. The molecule has 2 heteroatoms. The van der Waals surface area contributed by atoms with Crippen LogP contribution in [-0.2, 0) is 11.2 Å². The number of rotatable bonds is 3. The number of hydrogen-bond acceptors (Lipinski definition) is 2. The Hall–Kier alpha value is -1.96. The van der Waals surface area contributed by atoms with E-state index in [-0.39, 0.29) is 0 Å². The maximum atomic E-state index is 10.9. The number of carbonyl (C=O) groups is 1. The molecule has 16 heavy (non-hydrogen) atoms. The summed E-state index contributed by atoms with van der Waals surface area (Å²) in [5.74, 6) is 0. The molecule has 1 heterocycles. The number of aldehydes is 1. The largest absolute Gasteiger partial charge is 0.298 e. The fourth-order valence-corrected chi connectivity index (χ4v) is 1.68. The molecule has 0 atom stereocenters. The SMILES string of the molecule is O=CC1=CCN=CC=C1Cc1ccccc1. The van der Waals surface area contributed by atoms with Gasteiger partial charge in [0.25, 0.3) is 0 Å². The fourth-order valence-electron chi connectivity index (χ4n) is 1.68. The zero-order valence-electron chi connectivity index (χ0n) is 8.97. The van der Waals surface area contributed by atoms with E-state index in [0.29, 0.717) is 6.54 Å². The summed E-state index contributed by atoms with van der Waals surface area (Å²) in [4.78, 5) is 15.1. The molecule has 0 saturated carbocycles. The summed E-state index contributed by atoms with van der Waals surface area (Å²) in [5.41, 5.74) is 2.99. The average Bonchev–Trinajstić information content (AvgIpc) is 2.55. The third-order valence-corrected chi connectivity index (χ3v) is 2.53. The molecule has 0 N–H and O–H groups in total. The molecule has 0 fully saturated rings. The van der Waals surface area contributed by atoms with E-state index in [2.05, 4.69) is 17.1 Å². The lowest BCUT2D eigenvalue weighted by atomic mass is 9.99. The van der Waals surface area contributed by atoms with E-state index in [1.165, 1.54) is 5.56 Å². The van der Waals surface area contributed by atoms with Crippen molar-refractivity contribution in [3.8, 4) is 0 Å². The average molecular weight is 211 g/mol. The first-order valence-electron chi connectivity index (χ1n) is 5.29. The van der Waals surface area contributed by atoms with Crippen molar-refractivity contribution in [2.75, 3.05) is 6.54 Å². The Morgan fingerprint density at radius 3 is 2.81 bits per heavy atom. The van der Waals surface area contributed by atoms with Gasteiger partial charge in [0.2, 0.25) is 0 Å². The standard InChI is InChI=1S/C14H13NO/c16-11-14-7-9-15-8-6-13(14)10-12-4-2-1-3-5-12/h1-8,11H,9-10H2. The van der Waals surface area contributed by atoms with Gasteiger partial charge in [0.05, 0.1) is 6.54 Å². The van der Waals surface area contributed by atoms with Gasteiger partial charge in [-0.05, 0) is 23.6 Å². The Balaban J connectivity index is 2.22. The molecule has 0 radical (unpaired) electrons. The highest BCUT2D eigenvalue weighted by Gasteiger charge is 2.06. The van der Waals surface area contributed by atoms with Crippen molar-refractivity contribution in [3.05, 3.63) is 59.2 Å². The molecule has 2 rings (SSSR count). The highest BCUT2D eigenvalue weighted by Crippen LogP contribution is 2.15. The van der Waals surface area contributed by atoms with Crippen LogP contribution in [-0.4, -0.2) is 19.0 Å². The number of benzene rings is 1. The van der Waals surface area contributed by atoms with Crippen LogP contribution in [0.4, 0.5) is 0 Å². The van der Waals surface area contributed by atoms with Gasteiger partial charge < -0.3 is 0 Å². The smallest absolute Gasteiger partial charge is 0.150 e. The molecule has 0 unspecified atom stereocenters. The number of aliphatic imine (C=N–C) groups is 1. The summed E-state index contributed by atoms with van der Waals surface area (Å²) >= 11 is 0. The molecule has 1 aliphatic heterocycles. The van der Waals surface area contributed by atoms with Crippen LogP contribution in [0.25, 0.3) is 0 Å². The topological polar surface area (TPSA) is 29.4 Å². The first-order chi connectivity index (χ1) is 7.90. The Morgan fingerprint density at radius 2 is 2.06 bits per heavy atom. The molecule has 1 aliphatic rings. The van der Waals surface area contributed by atoms with Crippen LogP contribution < -0.4 is 0 Å². The summed E-state index contributed by atoms with van der Waals surface area (Å²) in [6.45, 7) is 0.586. The van der Waals surface area contributed by atoms with Gasteiger partial charge in [-0.1, -0.05) is 36.4 Å².